The van der Waals surface area contributed by atoms with Crippen LogP contribution in [0.2, 0.25) is 0 Å². The Morgan fingerprint density at radius 1 is 1.44 bits per heavy atom. The second-order valence-electron chi connectivity index (χ2n) is 7.18. The fraction of sp³-hybridized carbons (Fsp3) is 0.450. The van der Waals surface area contributed by atoms with E-state index in [4.69, 9.17) is 4.42 Å². The Labute approximate surface area is 161 Å². The minimum atomic E-state index is -0.0981. The third-order valence-corrected chi connectivity index (χ3v) is 6.44. The van der Waals surface area contributed by atoms with Gasteiger partial charge in [0.1, 0.15) is 10.6 Å². The van der Waals surface area contributed by atoms with E-state index in [1.165, 1.54) is 11.3 Å². The number of hydrogen-bond donors (Lipinski definition) is 0. The van der Waals surface area contributed by atoms with Gasteiger partial charge in [0.15, 0.2) is 0 Å². The SMILES string of the molecule is Cc1sc2ncn(CCC(=O)N(C3CC3)C(C)c3ccco3)c(=O)c2c1C. The smallest absolute Gasteiger partial charge is 0.262 e. The molecule has 0 saturated heterocycles. The predicted octanol–water partition coefficient (Wildman–Crippen LogP) is 3.81. The van der Waals surface area contributed by atoms with E-state index in [2.05, 4.69) is 4.98 Å². The summed E-state index contributed by atoms with van der Waals surface area (Å²) in [4.78, 5) is 33.9. The van der Waals surface area contributed by atoms with Crippen molar-refractivity contribution < 1.29 is 9.21 Å². The molecule has 3 aromatic heterocycles. The van der Waals surface area contributed by atoms with Crippen LogP contribution in [0.15, 0.2) is 33.9 Å². The molecule has 4 rings (SSSR count). The van der Waals surface area contributed by atoms with E-state index < -0.39 is 0 Å². The lowest BCUT2D eigenvalue weighted by molar-refractivity contribution is -0.134. The molecule has 1 saturated carbocycles. The minimum absolute atomic E-state index is 0.0478. The van der Waals surface area contributed by atoms with Crippen LogP contribution in [-0.4, -0.2) is 26.4 Å². The highest BCUT2D eigenvalue weighted by Gasteiger charge is 2.36. The second kappa shape index (κ2) is 6.96. The van der Waals surface area contributed by atoms with E-state index in [0.29, 0.717) is 11.9 Å². The number of furan rings is 1. The molecule has 3 heterocycles. The van der Waals surface area contributed by atoms with Gasteiger partial charge in [-0.15, -0.1) is 11.3 Å². The lowest BCUT2D eigenvalue weighted by Gasteiger charge is -2.28. The standard InChI is InChI=1S/C20H23N3O3S/c1-12-14(3)27-19-18(12)20(25)22(11-21-19)9-8-17(24)23(15-6-7-15)13(2)16-5-4-10-26-16/h4-5,10-11,13,15H,6-9H2,1-3H3. The number of aryl methyl sites for hydroxylation is 3. The average Bonchev–Trinajstić information content (AvgIpc) is 3.22. The first-order valence-corrected chi connectivity index (χ1v) is 10.1. The number of amides is 1. The van der Waals surface area contributed by atoms with E-state index in [0.717, 1.165) is 33.9 Å². The molecule has 0 N–H and O–H groups in total. The van der Waals surface area contributed by atoms with Gasteiger partial charge < -0.3 is 9.32 Å². The highest BCUT2D eigenvalue weighted by Crippen LogP contribution is 2.35. The monoisotopic (exact) mass is 385 g/mol. The van der Waals surface area contributed by atoms with Gasteiger partial charge in [0, 0.05) is 23.9 Å². The van der Waals surface area contributed by atoms with Crippen LogP contribution < -0.4 is 5.56 Å². The molecule has 3 aromatic rings. The van der Waals surface area contributed by atoms with E-state index in [1.54, 1.807) is 17.2 Å². The molecule has 0 spiro atoms. The highest BCUT2D eigenvalue weighted by atomic mass is 32.1. The number of fused-ring (bicyclic) bond motifs is 1. The number of carbonyl (C=O) groups excluding carboxylic acids is 1. The van der Waals surface area contributed by atoms with Gasteiger partial charge in [-0.05, 0) is 51.3 Å². The summed E-state index contributed by atoms with van der Waals surface area (Å²) in [5.74, 6) is 0.839. The molecule has 0 aromatic carbocycles. The molecular weight excluding hydrogens is 362 g/mol. The molecule has 0 radical (unpaired) electrons. The summed E-state index contributed by atoms with van der Waals surface area (Å²) in [6.07, 6.45) is 5.52. The van der Waals surface area contributed by atoms with Gasteiger partial charge in [0.2, 0.25) is 5.91 Å². The zero-order valence-corrected chi connectivity index (χ0v) is 16.6. The normalized spacial score (nSPS) is 15.2. The average molecular weight is 385 g/mol. The fourth-order valence-corrected chi connectivity index (χ4v) is 4.52. The van der Waals surface area contributed by atoms with Crippen molar-refractivity contribution in [1.82, 2.24) is 14.5 Å². The maximum Gasteiger partial charge on any atom is 0.262 e. The Morgan fingerprint density at radius 2 is 2.22 bits per heavy atom. The number of thiophene rings is 1. The van der Waals surface area contributed by atoms with Crippen LogP contribution in [0.5, 0.6) is 0 Å². The van der Waals surface area contributed by atoms with Crippen LogP contribution in [0.25, 0.3) is 10.2 Å². The third kappa shape index (κ3) is 3.32. The summed E-state index contributed by atoms with van der Waals surface area (Å²) in [7, 11) is 0. The summed E-state index contributed by atoms with van der Waals surface area (Å²) in [6, 6.07) is 3.92. The summed E-state index contributed by atoms with van der Waals surface area (Å²) < 4.78 is 7.05. The van der Waals surface area contributed by atoms with Gasteiger partial charge in [0.05, 0.1) is 24.0 Å². The Kier molecular flexibility index (Phi) is 4.63. The van der Waals surface area contributed by atoms with Crippen LogP contribution in [-0.2, 0) is 11.3 Å². The quantitative estimate of drug-likeness (QED) is 0.647. The summed E-state index contributed by atoms with van der Waals surface area (Å²) in [5.41, 5.74) is 0.922. The summed E-state index contributed by atoms with van der Waals surface area (Å²) in [5, 5.41) is 0.676. The van der Waals surface area contributed by atoms with Crippen molar-refractivity contribution in [2.24, 2.45) is 0 Å². The topological polar surface area (TPSA) is 68.3 Å². The molecule has 1 aliphatic rings. The molecule has 27 heavy (non-hydrogen) atoms. The number of nitrogens with zero attached hydrogens (tertiary/aromatic N) is 3. The van der Waals surface area contributed by atoms with Gasteiger partial charge in [-0.1, -0.05) is 0 Å². The molecule has 1 atom stereocenters. The first-order chi connectivity index (χ1) is 13.0. The van der Waals surface area contributed by atoms with Crippen LogP contribution in [0.3, 0.4) is 0 Å². The number of hydrogen-bond acceptors (Lipinski definition) is 5. The summed E-state index contributed by atoms with van der Waals surface area (Å²) >= 11 is 1.54. The second-order valence-corrected chi connectivity index (χ2v) is 8.38. The lowest BCUT2D eigenvalue weighted by atomic mass is 10.2. The summed E-state index contributed by atoms with van der Waals surface area (Å²) in [6.45, 7) is 6.28. The number of rotatable bonds is 6. The molecule has 6 nitrogen and oxygen atoms in total. The molecule has 1 fully saturated rings. The van der Waals surface area contributed by atoms with Crippen molar-refractivity contribution in [2.45, 2.75) is 58.7 Å². The molecule has 1 unspecified atom stereocenters. The van der Waals surface area contributed by atoms with E-state index in [1.807, 2.05) is 37.8 Å². The maximum absolute atomic E-state index is 12.9. The van der Waals surface area contributed by atoms with Crippen molar-refractivity contribution >= 4 is 27.5 Å². The van der Waals surface area contributed by atoms with Crippen molar-refractivity contribution in [3.63, 3.8) is 0 Å². The zero-order chi connectivity index (χ0) is 19.1. The first-order valence-electron chi connectivity index (χ1n) is 9.27. The minimum Gasteiger partial charge on any atom is -0.467 e. The Hall–Kier alpha value is -2.41. The van der Waals surface area contributed by atoms with Gasteiger partial charge >= 0.3 is 0 Å². The highest BCUT2D eigenvalue weighted by molar-refractivity contribution is 7.18. The largest absolute Gasteiger partial charge is 0.467 e. The van der Waals surface area contributed by atoms with E-state index >= 15 is 0 Å². The molecular formula is C20H23N3O3S. The van der Waals surface area contributed by atoms with Crippen molar-refractivity contribution in [3.05, 3.63) is 51.3 Å². The number of carbonyl (C=O) groups is 1. The van der Waals surface area contributed by atoms with Crippen LogP contribution in [0.4, 0.5) is 0 Å². The first kappa shape index (κ1) is 18.0. The third-order valence-electron chi connectivity index (χ3n) is 5.32. The molecule has 0 aliphatic heterocycles. The Morgan fingerprint density at radius 3 is 2.89 bits per heavy atom. The number of aromatic nitrogens is 2. The van der Waals surface area contributed by atoms with Gasteiger partial charge in [-0.2, -0.15) is 0 Å². The van der Waals surface area contributed by atoms with Crippen LogP contribution >= 0.6 is 11.3 Å². The van der Waals surface area contributed by atoms with Gasteiger partial charge in [-0.3, -0.25) is 14.2 Å². The molecule has 1 amide bonds. The Bertz CT molecular complexity index is 1030. The van der Waals surface area contributed by atoms with E-state index in [-0.39, 0.29) is 30.0 Å². The molecule has 1 aliphatic carbocycles. The Balaban J connectivity index is 1.53. The lowest BCUT2D eigenvalue weighted by Crippen LogP contribution is -2.36. The van der Waals surface area contributed by atoms with Gasteiger partial charge in [-0.25, -0.2) is 4.98 Å². The van der Waals surface area contributed by atoms with Crippen LogP contribution in [0, 0.1) is 13.8 Å². The molecule has 7 heteroatoms. The maximum atomic E-state index is 12.9. The predicted molar refractivity (Wildman–Crippen MR) is 105 cm³/mol. The van der Waals surface area contributed by atoms with Crippen molar-refractivity contribution in [2.75, 3.05) is 0 Å². The molecule has 142 valence electrons. The molecule has 0 bridgehead atoms. The fourth-order valence-electron chi connectivity index (χ4n) is 3.53. The van der Waals surface area contributed by atoms with Gasteiger partial charge in [0.25, 0.3) is 5.56 Å². The zero-order valence-electron chi connectivity index (χ0n) is 15.8. The van der Waals surface area contributed by atoms with Crippen molar-refractivity contribution in [3.8, 4) is 0 Å². The van der Waals surface area contributed by atoms with E-state index in [9.17, 15) is 9.59 Å². The van der Waals surface area contributed by atoms with Crippen molar-refractivity contribution in [1.29, 1.82) is 0 Å². The van der Waals surface area contributed by atoms with Crippen LogP contribution in [0.1, 0.15) is 48.4 Å².